The van der Waals surface area contributed by atoms with Gasteiger partial charge in [-0.05, 0) is 12.8 Å². The van der Waals surface area contributed by atoms with Crippen molar-refractivity contribution in [3.8, 4) is 0 Å². The molecule has 16 heavy (non-hydrogen) atoms. The van der Waals surface area contributed by atoms with Crippen molar-refractivity contribution in [3.05, 3.63) is 24.3 Å². The van der Waals surface area contributed by atoms with Gasteiger partial charge in [0.2, 0.25) is 0 Å². The lowest BCUT2D eigenvalue weighted by atomic mass is 9.70. The molecular formula is C12H17N3O. The first kappa shape index (κ1) is 11.2. The minimum Gasteiger partial charge on any atom is -0.329 e. The van der Waals surface area contributed by atoms with Crippen LogP contribution in [0.2, 0.25) is 0 Å². The van der Waals surface area contributed by atoms with E-state index >= 15 is 0 Å². The summed E-state index contributed by atoms with van der Waals surface area (Å²) in [5.41, 5.74) is 6.05. The van der Waals surface area contributed by atoms with Gasteiger partial charge < -0.3 is 5.73 Å². The van der Waals surface area contributed by atoms with Crippen molar-refractivity contribution < 1.29 is 4.79 Å². The van der Waals surface area contributed by atoms with Crippen LogP contribution >= 0.6 is 0 Å². The molecule has 0 aliphatic heterocycles. The number of ketones is 1. The predicted molar refractivity (Wildman–Crippen MR) is 60.9 cm³/mol. The molecule has 0 bridgehead atoms. The van der Waals surface area contributed by atoms with Crippen LogP contribution in [-0.4, -0.2) is 22.3 Å². The summed E-state index contributed by atoms with van der Waals surface area (Å²) in [5.74, 6) is 0.121. The fourth-order valence-electron chi connectivity index (χ4n) is 2.47. The number of hydrogen-bond donors (Lipinski definition) is 1. The van der Waals surface area contributed by atoms with Gasteiger partial charge in [-0.3, -0.25) is 4.79 Å². The first-order chi connectivity index (χ1) is 7.78. The minimum absolute atomic E-state index is 0.121. The second kappa shape index (κ2) is 4.70. The van der Waals surface area contributed by atoms with Crippen LogP contribution in [0.4, 0.5) is 0 Å². The molecule has 0 atom stereocenters. The van der Waals surface area contributed by atoms with Crippen molar-refractivity contribution in [1.29, 1.82) is 0 Å². The lowest BCUT2D eigenvalue weighted by Crippen LogP contribution is -2.40. The minimum atomic E-state index is -0.358. The van der Waals surface area contributed by atoms with Crippen LogP contribution in [0.15, 0.2) is 18.7 Å². The molecule has 0 spiro atoms. The predicted octanol–water partition coefficient (Wildman–Crippen LogP) is 1.57. The molecule has 1 aliphatic rings. The van der Waals surface area contributed by atoms with E-state index in [0.29, 0.717) is 12.1 Å². The Kier molecular flexibility index (Phi) is 3.29. The van der Waals surface area contributed by atoms with Crippen LogP contribution < -0.4 is 5.73 Å². The van der Waals surface area contributed by atoms with Gasteiger partial charge in [0, 0.05) is 24.4 Å². The van der Waals surface area contributed by atoms with Crippen molar-refractivity contribution in [2.75, 3.05) is 6.54 Å². The zero-order chi connectivity index (χ0) is 11.4. The SMILES string of the molecule is NCC1(C(=O)c2cncnc2)CCCCC1. The highest BCUT2D eigenvalue weighted by Crippen LogP contribution is 2.37. The van der Waals surface area contributed by atoms with Gasteiger partial charge >= 0.3 is 0 Å². The van der Waals surface area contributed by atoms with Crippen LogP contribution in [-0.2, 0) is 0 Å². The fraction of sp³-hybridized carbons (Fsp3) is 0.583. The molecule has 4 heteroatoms. The number of nitrogens with two attached hydrogens (primary N) is 1. The summed E-state index contributed by atoms with van der Waals surface area (Å²) in [6.45, 7) is 0.431. The van der Waals surface area contributed by atoms with Crippen molar-refractivity contribution in [3.63, 3.8) is 0 Å². The standard InChI is InChI=1S/C12H17N3O/c13-8-12(4-2-1-3-5-12)11(16)10-6-14-9-15-7-10/h6-7,9H,1-5,8,13H2. The van der Waals surface area contributed by atoms with Crippen LogP contribution in [0.1, 0.15) is 42.5 Å². The summed E-state index contributed by atoms with van der Waals surface area (Å²) in [6.07, 6.45) is 9.80. The number of aromatic nitrogens is 2. The number of nitrogens with zero attached hydrogens (tertiary/aromatic N) is 2. The molecular weight excluding hydrogens is 202 g/mol. The second-order valence-electron chi connectivity index (χ2n) is 4.50. The monoisotopic (exact) mass is 219 g/mol. The van der Waals surface area contributed by atoms with E-state index in [-0.39, 0.29) is 11.2 Å². The molecule has 2 rings (SSSR count). The zero-order valence-electron chi connectivity index (χ0n) is 9.35. The molecule has 1 aliphatic carbocycles. The highest BCUT2D eigenvalue weighted by Gasteiger charge is 2.38. The third-order valence-corrected chi connectivity index (χ3v) is 3.51. The molecule has 1 heterocycles. The van der Waals surface area contributed by atoms with E-state index in [9.17, 15) is 4.79 Å². The Morgan fingerprint density at radius 2 is 1.88 bits per heavy atom. The first-order valence-electron chi connectivity index (χ1n) is 5.78. The number of carbonyl (C=O) groups is 1. The summed E-state index contributed by atoms with van der Waals surface area (Å²) < 4.78 is 0. The molecule has 4 nitrogen and oxygen atoms in total. The van der Waals surface area contributed by atoms with E-state index in [1.165, 1.54) is 12.7 Å². The Balaban J connectivity index is 2.24. The smallest absolute Gasteiger partial charge is 0.173 e. The van der Waals surface area contributed by atoms with Gasteiger partial charge in [-0.1, -0.05) is 19.3 Å². The van der Waals surface area contributed by atoms with Gasteiger partial charge in [0.05, 0.1) is 5.56 Å². The van der Waals surface area contributed by atoms with E-state index in [1.54, 1.807) is 12.4 Å². The molecule has 1 aromatic rings. The maximum atomic E-state index is 12.4. The molecule has 1 aromatic heterocycles. The van der Waals surface area contributed by atoms with E-state index in [0.717, 1.165) is 25.7 Å². The lowest BCUT2D eigenvalue weighted by molar-refractivity contribution is 0.0728. The van der Waals surface area contributed by atoms with Crippen molar-refractivity contribution >= 4 is 5.78 Å². The quantitative estimate of drug-likeness (QED) is 0.783. The molecule has 0 saturated heterocycles. The topological polar surface area (TPSA) is 68.9 Å². The Hall–Kier alpha value is -1.29. The Bertz CT molecular complexity index is 358. The molecule has 0 unspecified atom stereocenters. The largest absolute Gasteiger partial charge is 0.329 e. The molecule has 0 aromatic carbocycles. The van der Waals surface area contributed by atoms with Gasteiger partial charge in [-0.15, -0.1) is 0 Å². The summed E-state index contributed by atoms with van der Waals surface area (Å²) in [5, 5.41) is 0. The summed E-state index contributed by atoms with van der Waals surface area (Å²) in [7, 11) is 0. The maximum Gasteiger partial charge on any atom is 0.173 e. The Morgan fingerprint density at radius 1 is 1.25 bits per heavy atom. The number of Topliss-reactive ketones (excluding diaryl/α,β-unsaturated/α-hetero) is 1. The van der Waals surface area contributed by atoms with Crippen molar-refractivity contribution in [1.82, 2.24) is 9.97 Å². The van der Waals surface area contributed by atoms with Crippen LogP contribution in [0, 0.1) is 5.41 Å². The third-order valence-electron chi connectivity index (χ3n) is 3.51. The van der Waals surface area contributed by atoms with Crippen LogP contribution in [0.25, 0.3) is 0 Å². The lowest BCUT2D eigenvalue weighted by Gasteiger charge is -2.34. The Morgan fingerprint density at radius 3 is 2.44 bits per heavy atom. The average molecular weight is 219 g/mol. The number of carbonyl (C=O) groups excluding carboxylic acids is 1. The van der Waals surface area contributed by atoms with Gasteiger partial charge in [-0.2, -0.15) is 0 Å². The highest BCUT2D eigenvalue weighted by atomic mass is 16.1. The summed E-state index contributed by atoms with van der Waals surface area (Å²) in [4.78, 5) is 20.2. The van der Waals surface area contributed by atoms with E-state index in [4.69, 9.17) is 5.73 Å². The number of hydrogen-bond acceptors (Lipinski definition) is 4. The summed E-state index contributed by atoms with van der Waals surface area (Å²) in [6, 6.07) is 0. The molecule has 2 N–H and O–H groups in total. The summed E-state index contributed by atoms with van der Waals surface area (Å²) >= 11 is 0. The van der Waals surface area contributed by atoms with Crippen LogP contribution in [0.3, 0.4) is 0 Å². The third kappa shape index (κ3) is 1.97. The zero-order valence-corrected chi connectivity index (χ0v) is 9.35. The normalized spacial score (nSPS) is 19.3. The molecule has 0 radical (unpaired) electrons. The second-order valence-corrected chi connectivity index (χ2v) is 4.50. The van der Waals surface area contributed by atoms with Gasteiger partial charge in [0.25, 0.3) is 0 Å². The van der Waals surface area contributed by atoms with E-state index in [2.05, 4.69) is 9.97 Å². The van der Waals surface area contributed by atoms with Gasteiger partial charge in [-0.25, -0.2) is 9.97 Å². The number of rotatable bonds is 3. The van der Waals surface area contributed by atoms with Gasteiger partial charge in [0.1, 0.15) is 6.33 Å². The fourth-order valence-corrected chi connectivity index (χ4v) is 2.47. The van der Waals surface area contributed by atoms with Gasteiger partial charge in [0.15, 0.2) is 5.78 Å². The van der Waals surface area contributed by atoms with Crippen molar-refractivity contribution in [2.24, 2.45) is 11.1 Å². The highest BCUT2D eigenvalue weighted by molar-refractivity contribution is 6.00. The molecule has 1 saturated carbocycles. The Labute approximate surface area is 95.3 Å². The molecule has 1 fully saturated rings. The first-order valence-corrected chi connectivity index (χ1v) is 5.78. The molecule has 86 valence electrons. The maximum absolute atomic E-state index is 12.4. The van der Waals surface area contributed by atoms with Crippen molar-refractivity contribution in [2.45, 2.75) is 32.1 Å². The van der Waals surface area contributed by atoms with E-state index < -0.39 is 0 Å². The molecule has 0 amide bonds. The average Bonchev–Trinajstić information content (AvgIpc) is 2.39. The van der Waals surface area contributed by atoms with Crippen LogP contribution in [0.5, 0.6) is 0 Å². The van der Waals surface area contributed by atoms with E-state index in [1.807, 2.05) is 0 Å².